The summed E-state index contributed by atoms with van der Waals surface area (Å²) in [5.74, 6) is -0.663. The van der Waals surface area contributed by atoms with Crippen LogP contribution in [0.15, 0.2) is 30.3 Å². The molecule has 0 radical (unpaired) electrons. The second kappa shape index (κ2) is 9.19. The molecular formula is C20H30O4. The summed E-state index contributed by atoms with van der Waals surface area (Å²) in [5, 5.41) is 9.14. The molecule has 2 rings (SSSR count). The molecule has 4 heteroatoms. The number of carboxylic acids is 1. The van der Waals surface area contributed by atoms with Gasteiger partial charge in [-0.05, 0) is 44.1 Å². The molecular weight excluding hydrogens is 304 g/mol. The molecule has 1 aliphatic heterocycles. The van der Waals surface area contributed by atoms with Gasteiger partial charge in [-0.25, -0.2) is 0 Å². The second-order valence-corrected chi connectivity index (χ2v) is 7.28. The van der Waals surface area contributed by atoms with Crippen LogP contribution in [0, 0.1) is 11.8 Å². The van der Waals surface area contributed by atoms with Crippen LogP contribution >= 0.6 is 0 Å². The largest absolute Gasteiger partial charge is 0.481 e. The Morgan fingerprint density at radius 1 is 1.25 bits per heavy atom. The molecule has 0 amide bonds. The maximum Gasteiger partial charge on any atom is 0.308 e. The highest BCUT2D eigenvalue weighted by Gasteiger charge is 2.34. The molecule has 1 aliphatic rings. The van der Waals surface area contributed by atoms with Crippen LogP contribution in [0.5, 0.6) is 0 Å². The summed E-state index contributed by atoms with van der Waals surface area (Å²) in [6, 6.07) is 10.2. The van der Waals surface area contributed by atoms with E-state index in [1.807, 2.05) is 18.2 Å². The summed E-state index contributed by atoms with van der Waals surface area (Å²) in [7, 11) is 0. The molecule has 1 N–H and O–H groups in total. The Bertz CT molecular complexity index is 500. The molecule has 1 fully saturated rings. The lowest BCUT2D eigenvalue weighted by Crippen LogP contribution is -2.27. The lowest BCUT2D eigenvalue weighted by Gasteiger charge is -2.24. The van der Waals surface area contributed by atoms with E-state index < -0.39 is 11.9 Å². The second-order valence-electron chi connectivity index (χ2n) is 7.28. The Morgan fingerprint density at radius 3 is 2.58 bits per heavy atom. The fraction of sp³-hybridized carbons (Fsp3) is 0.650. The van der Waals surface area contributed by atoms with Crippen LogP contribution in [-0.2, 0) is 20.9 Å². The zero-order chi connectivity index (χ0) is 17.5. The van der Waals surface area contributed by atoms with Crippen LogP contribution in [0.4, 0.5) is 0 Å². The van der Waals surface area contributed by atoms with Crippen LogP contribution in [0.1, 0.15) is 52.0 Å². The topological polar surface area (TPSA) is 55.8 Å². The average molecular weight is 334 g/mol. The molecule has 24 heavy (non-hydrogen) atoms. The maximum atomic E-state index is 11.1. The first-order chi connectivity index (χ1) is 11.5. The van der Waals surface area contributed by atoms with Crippen LogP contribution in [0.25, 0.3) is 0 Å². The molecule has 1 heterocycles. The molecule has 1 aromatic carbocycles. The minimum Gasteiger partial charge on any atom is -0.481 e. The Labute approximate surface area is 145 Å². The number of hydrogen-bond acceptors (Lipinski definition) is 3. The third kappa shape index (κ3) is 5.91. The van der Waals surface area contributed by atoms with E-state index in [4.69, 9.17) is 14.6 Å². The zero-order valence-electron chi connectivity index (χ0n) is 15.0. The molecule has 4 nitrogen and oxygen atoms in total. The highest BCUT2D eigenvalue weighted by atomic mass is 16.5. The van der Waals surface area contributed by atoms with Crippen molar-refractivity contribution < 1.29 is 19.4 Å². The standard InChI is InChI=1S/C20H30O4/c1-14(2)11-18(23-13-16-7-5-4-6-8-16)12-17-9-10-19(24-17)15(3)20(21)22/h4-8,14-15,17-19H,9-13H2,1-3H3,(H,21,22)/t15-,17+,18+,19-/m1/s1. The first-order valence-electron chi connectivity index (χ1n) is 8.99. The van der Waals surface area contributed by atoms with Gasteiger partial charge in [0.15, 0.2) is 0 Å². The average Bonchev–Trinajstić information content (AvgIpc) is 3.00. The minimum atomic E-state index is -0.778. The predicted octanol–water partition coefficient (Wildman–Crippen LogP) is 4.28. The van der Waals surface area contributed by atoms with Crippen molar-refractivity contribution >= 4 is 5.97 Å². The van der Waals surface area contributed by atoms with Gasteiger partial charge in [-0.15, -0.1) is 0 Å². The van der Waals surface area contributed by atoms with Gasteiger partial charge >= 0.3 is 5.97 Å². The number of rotatable bonds is 9. The molecule has 134 valence electrons. The van der Waals surface area contributed by atoms with Crippen molar-refractivity contribution in [1.82, 2.24) is 0 Å². The van der Waals surface area contributed by atoms with Gasteiger partial charge < -0.3 is 14.6 Å². The third-order valence-corrected chi connectivity index (χ3v) is 4.68. The molecule has 0 saturated carbocycles. The van der Waals surface area contributed by atoms with E-state index in [1.165, 1.54) is 5.56 Å². The predicted molar refractivity (Wildman–Crippen MR) is 93.8 cm³/mol. The molecule has 1 saturated heterocycles. The third-order valence-electron chi connectivity index (χ3n) is 4.68. The fourth-order valence-corrected chi connectivity index (χ4v) is 3.27. The van der Waals surface area contributed by atoms with E-state index in [1.54, 1.807) is 6.92 Å². The van der Waals surface area contributed by atoms with Crippen molar-refractivity contribution in [2.75, 3.05) is 0 Å². The van der Waals surface area contributed by atoms with E-state index in [2.05, 4.69) is 26.0 Å². The molecule has 0 spiro atoms. The monoisotopic (exact) mass is 334 g/mol. The van der Waals surface area contributed by atoms with Crippen molar-refractivity contribution in [1.29, 1.82) is 0 Å². The molecule has 4 atom stereocenters. The summed E-state index contributed by atoms with van der Waals surface area (Å²) < 4.78 is 12.1. The number of ether oxygens (including phenoxy) is 2. The van der Waals surface area contributed by atoms with Crippen molar-refractivity contribution in [3.8, 4) is 0 Å². The van der Waals surface area contributed by atoms with Gasteiger partial charge in [0.1, 0.15) is 0 Å². The Balaban J connectivity index is 1.86. The molecule has 0 unspecified atom stereocenters. The number of aliphatic carboxylic acids is 1. The SMILES string of the molecule is CC(C)C[C@@H](C[C@@H]1CC[C@H]([C@@H](C)C(=O)O)O1)OCc1ccccc1. The van der Waals surface area contributed by atoms with E-state index in [0.29, 0.717) is 12.5 Å². The van der Waals surface area contributed by atoms with Gasteiger partial charge in [0, 0.05) is 0 Å². The molecule has 0 aromatic heterocycles. The van der Waals surface area contributed by atoms with Crippen LogP contribution in [-0.4, -0.2) is 29.4 Å². The van der Waals surface area contributed by atoms with Crippen LogP contribution in [0.3, 0.4) is 0 Å². The number of carbonyl (C=O) groups is 1. The van der Waals surface area contributed by atoms with E-state index in [0.717, 1.165) is 25.7 Å². The highest BCUT2D eigenvalue weighted by molar-refractivity contribution is 5.70. The number of carboxylic acid groups (broad SMARTS) is 1. The minimum absolute atomic E-state index is 0.108. The first-order valence-corrected chi connectivity index (χ1v) is 8.99. The fourth-order valence-electron chi connectivity index (χ4n) is 3.27. The highest BCUT2D eigenvalue weighted by Crippen LogP contribution is 2.30. The normalized spacial score (nSPS) is 23.3. The quantitative estimate of drug-likeness (QED) is 0.732. The Hall–Kier alpha value is -1.39. The van der Waals surface area contributed by atoms with Crippen molar-refractivity contribution in [3.63, 3.8) is 0 Å². The molecule has 0 aliphatic carbocycles. The van der Waals surface area contributed by atoms with Gasteiger partial charge in [0.05, 0.1) is 30.8 Å². The van der Waals surface area contributed by atoms with Crippen molar-refractivity contribution in [3.05, 3.63) is 35.9 Å². The van der Waals surface area contributed by atoms with Gasteiger partial charge in [0.25, 0.3) is 0 Å². The van der Waals surface area contributed by atoms with Gasteiger partial charge in [-0.3, -0.25) is 4.79 Å². The van der Waals surface area contributed by atoms with E-state index in [9.17, 15) is 4.79 Å². The van der Waals surface area contributed by atoms with Crippen molar-refractivity contribution in [2.24, 2.45) is 11.8 Å². The lowest BCUT2D eigenvalue weighted by atomic mass is 9.98. The zero-order valence-corrected chi connectivity index (χ0v) is 15.0. The maximum absolute atomic E-state index is 11.1. The van der Waals surface area contributed by atoms with Crippen molar-refractivity contribution in [2.45, 2.75) is 71.4 Å². The summed E-state index contributed by atoms with van der Waals surface area (Å²) in [6.45, 7) is 6.74. The molecule has 1 aromatic rings. The summed E-state index contributed by atoms with van der Waals surface area (Å²) >= 11 is 0. The Kier molecular flexibility index (Phi) is 7.25. The van der Waals surface area contributed by atoms with E-state index >= 15 is 0 Å². The summed E-state index contributed by atoms with van der Waals surface area (Å²) in [4.78, 5) is 11.1. The summed E-state index contributed by atoms with van der Waals surface area (Å²) in [6.07, 6.45) is 3.67. The molecule has 0 bridgehead atoms. The number of benzene rings is 1. The smallest absolute Gasteiger partial charge is 0.308 e. The lowest BCUT2D eigenvalue weighted by molar-refractivity contribution is -0.146. The summed E-state index contributed by atoms with van der Waals surface area (Å²) in [5.41, 5.74) is 1.18. The van der Waals surface area contributed by atoms with Gasteiger partial charge in [-0.1, -0.05) is 44.2 Å². The van der Waals surface area contributed by atoms with E-state index in [-0.39, 0.29) is 18.3 Å². The van der Waals surface area contributed by atoms with Crippen LogP contribution < -0.4 is 0 Å². The number of hydrogen-bond donors (Lipinski definition) is 1. The van der Waals surface area contributed by atoms with Gasteiger partial charge in [0.2, 0.25) is 0 Å². The Morgan fingerprint density at radius 2 is 1.96 bits per heavy atom. The van der Waals surface area contributed by atoms with Gasteiger partial charge in [-0.2, -0.15) is 0 Å². The first kappa shape index (κ1) is 18.9. The van der Waals surface area contributed by atoms with Crippen LogP contribution in [0.2, 0.25) is 0 Å².